The van der Waals surface area contributed by atoms with Crippen LogP contribution in [-0.2, 0) is 9.53 Å². The first-order chi connectivity index (χ1) is 6.05. The Morgan fingerprint density at radius 2 is 2.15 bits per heavy atom. The lowest BCUT2D eigenvalue weighted by atomic mass is 9.83. The number of carbonyl (C=O) groups is 1. The number of rotatable bonds is 2. The van der Waals surface area contributed by atoms with Crippen molar-refractivity contribution in [1.29, 1.82) is 0 Å². The third-order valence-electron chi connectivity index (χ3n) is 3.13. The van der Waals surface area contributed by atoms with Gasteiger partial charge in [0.1, 0.15) is 6.10 Å². The summed E-state index contributed by atoms with van der Waals surface area (Å²) in [6, 6.07) is 0. The molecule has 0 aromatic carbocycles. The minimum atomic E-state index is 0.134. The van der Waals surface area contributed by atoms with E-state index in [-0.39, 0.29) is 6.10 Å². The van der Waals surface area contributed by atoms with Crippen molar-refractivity contribution in [2.45, 2.75) is 52.6 Å². The zero-order chi connectivity index (χ0) is 9.90. The highest BCUT2D eigenvalue weighted by molar-refractivity contribution is 5.37. The molecule has 76 valence electrons. The Balaban J connectivity index is 2.61. The van der Waals surface area contributed by atoms with Crippen LogP contribution in [0.1, 0.15) is 46.5 Å². The summed E-state index contributed by atoms with van der Waals surface area (Å²) in [5.41, 5.74) is 0.332. The Labute approximate surface area is 80.7 Å². The minimum absolute atomic E-state index is 0.134. The highest BCUT2D eigenvalue weighted by atomic mass is 16.5. The lowest BCUT2D eigenvalue weighted by Crippen LogP contribution is -2.25. The van der Waals surface area contributed by atoms with Crippen molar-refractivity contribution in [2.24, 2.45) is 11.3 Å². The zero-order valence-electron chi connectivity index (χ0n) is 8.88. The number of ether oxygens (including phenoxy) is 1. The Kier molecular flexibility index (Phi) is 3.34. The Bertz CT molecular complexity index is 175. The minimum Gasteiger partial charge on any atom is -0.464 e. The lowest BCUT2D eigenvalue weighted by Gasteiger charge is -2.27. The predicted molar refractivity (Wildman–Crippen MR) is 52.4 cm³/mol. The van der Waals surface area contributed by atoms with Crippen molar-refractivity contribution >= 4 is 6.47 Å². The molecule has 0 heterocycles. The van der Waals surface area contributed by atoms with Gasteiger partial charge < -0.3 is 4.74 Å². The smallest absolute Gasteiger partial charge is 0.293 e. The normalized spacial score (nSPS) is 33.5. The van der Waals surface area contributed by atoms with E-state index in [0.717, 1.165) is 6.42 Å². The Morgan fingerprint density at radius 3 is 2.77 bits per heavy atom. The van der Waals surface area contributed by atoms with Crippen LogP contribution in [0, 0.1) is 11.3 Å². The molecule has 0 spiro atoms. The van der Waals surface area contributed by atoms with Crippen LogP contribution in [0.25, 0.3) is 0 Å². The van der Waals surface area contributed by atoms with Crippen LogP contribution in [-0.4, -0.2) is 12.6 Å². The van der Waals surface area contributed by atoms with Crippen LogP contribution in [0.5, 0.6) is 0 Å². The van der Waals surface area contributed by atoms with E-state index in [4.69, 9.17) is 4.74 Å². The maximum Gasteiger partial charge on any atom is 0.293 e. The standard InChI is InChI=1S/C11H20O2/c1-9-5-4-6-11(2,3)7-10(9)13-8-12/h8-10H,4-7H2,1-3H3. The zero-order valence-corrected chi connectivity index (χ0v) is 8.88. The molecule has 2 heteroatoms. The molecule has 1 fully saturated rings. The summed E-state index contributed by atoms with van der Waals surface area (Å²) < 4.78 is 5.13. The SMILES string of the molecule is CC1CCCC(C)(C)CC1OC=O. The van der Waals surface area contributed by atoms with E-state index in [0.29, 0.717) is 17.8 Å². The molecule has 0 aromatic heterocycles. The van der Waals surface area contributed by atoms with Crippen LogP contribution >= 0.6 is 0 Å². The Hall–Kier alpha value is -0.530. The molecule has 2 atom stereocenters. The van der Waals surface area contributed by atoms with Gasteiger partial charge in [0.25, 0.3) is 6.47 Å². The molecular weight excluding hydrogens is 164 g/mol. The molecule has 0 aromatic rings. The van der Waals surface area contributed by atoms with Crippen LogP contribution < -0.4 is 0 Å². The van der Waals surface area contributed by atoms with Crippen molar-refractivity contribution in [3.8, 4) is 0 Å². The van der Waals surface area contributed by atoms with E-state index in [9.17, 15) is 4.79 Å². The highest BCUT2D eigenvalue weighted by Gasteiger charge is 2.31. The quantitative estimate of drug-likeness (QED) is 0.487. The maximum absolute atomic E-state index is 10.3. The van der Waals surface area contributed by atoms with Gasteiger partial charge >= 0.3 is 0 Å². The van der Waals surface area contributed by atoms with E-state index in [2.05, 4.69) is 20.8 Å². The molecule has 0 N–H and O–H groups in total. The average molecular weight is 184 g/mol. The van der Waals surface area contributed by atoms with E-state index < -0.39 is 0 Å². The average Bonchev–Trinajstić information content (AvgIpc) is 2.12. The van der Waals surface area contributed by atoms with Gasteiger partial charge in [0.05, 0.1) is 0 Å². The van der Waals surface area contributed by atoms with E-state index in [1.165, 1.54) is 19.3 Å². The molecule has 1 aliphatic carbocycles. The maximum atomic E-state index is 10.3. The summed E-state index contributed by atoms with van der Waals surface area (Å²) >= 11 is 0. The predicted octanol–water partition coefficient (Wildman–Crippen LogP) is 2.76. The number of hydrogen-bond acceptors (Lipinski definition) is 2. The summed E-state index contributed by atoms with van der Waals surface area (Å²) in [4.78, 5) is 10.3. The fourth-order valence-corrected chi connectivity index (χ4v) is 2.19. The number of carbonyl (C=O) groups excluding carboxylic acids is 1. The van der Waals surface area contributed by atoms with Crippen LogP contribution in [0.2, 0.25) is 0 Å². The molecule has 2 unspecified atom stereocenters. The third kappa shape index (κ3) is 3.02. The summed E-state index contributed by atoms with van der Waals surface area (Å²) in [5, 5.41) is 0. The highest BCUT2D eigenvalue weighted by Crippen LogP contribution is 2.37. The van der Waals surface area contributed by atoms with Gasteiger partial charge in [-0.15, -0.1) is 0 Å². The molecule has 0 amide bonds. The topological polar surface area (TPSA) is 26.3 Å². The van der Waals surface area contributed by atoms with Crippen molar-refractivity contribution in [3.63, 3.8) is 0 Å². The van der Waals surface area contributed by atoms with Crippen molar-refractivity contribution in [2.75, 3.05) is 0 Å². The summed E-state index contributed by atoms with van der Waals surface area (Å²) in [6.07, 6.45) is 4.83. The van der Waals surface area contributed by atoms with Crippen molar-refractivity contribution < 1.29 is 9.53 Å². The largest absolute Gasteiger partial charge is 0.464 e. The first-order valence-corrected chi connectivity index (χ1v) is 5.14. The third-order valence-corrected chi connectivity index (χ3v) is 3.13. The van der Waals surface area contributed by atoms with Crippen LogP contribution in [0.3, 0.4) is 0 Å². The molecule has 1 saturated carbocycles. The summed E-state index contributed by atoms with van der Waals surface area (Å²) in [7, 11) is 0. The molecule has 2 nitrogen and oxygen atoms in total. The van der Waals surface area contributed by atoms with Gasteiger partial charge in [0, 0.05) is 0 Å². The molecule has 0 radical (unpaired) electrons. The Morgan fingerprint density at radius 1 is 1.46 bits per heavy atom. The molecule has 0 bridgehead atoms. The van der Waals surface area contributed by atoms with Gasteiger partial charge in [-0.2, -0.15) is 0 Å². The van der Waals surface area contributed by atoms with Gasteiger partial charge in [0.15, 0.2) is 0 Å². The molecule has 0 saturated heterocycles. The van der Waals surface area contributed by atoms with Crippen LogP contribution in [0.15, 0.2) is 0 Å². The summed E-state index contributed by atoms with van der Waals surface area (Å²) in [5.74, 6) is 0.520. The molecular formula is C11H20O2. The van der Waals surface area contributed by atoms with Crippen molar-refractivity contribution in [1.82, 2.24) is 0 Å². The van der Waals surface area contributed by atoms with Crippen molar-refractivity contribution in [3.05, 3.63) is 0 Å². The molecule has 1 aliphatic rings. The molecule has 1 rings (SSSR count). The van der Waals surface area contributed by atoms with Gasteiger partial charge in [-0.25, -0.2) is 0 Å². The second kappa shape index (κ2) is 4.12. The van der Waals surface area contributed by atoms with Gasteiger partial charge in [0.2, 0.25) is 0 Å². The first kappa shape index (κ1) is 10.6. The van der Waals surface area contributed by atoms with E-state index in [1.807, 2.05) is 0 Å². The molecule has 0 aliphatic heterocycles. The fraction of sp³-hybridized carbons (Fsp3) is 0.909. The second-order valence-corrected chi connectivity index (χ2v) is 5.01. The van der Waals surface area contributed by atoms with Gasteiger partial charge in [-0.3, -0.25) is 4.79 Å². The monoisotopic (exact) mass is 184 g/mol. The van der Waals surface area contributed by atoms with Gasteiger partial charge in [-0.05, 0) is 30.6 Å². The van der Waals surface area contributed by atoms with Crippen LogP contribution in [0.4, 0.5) is 0 Å². The second-order valence-electron chi connectivity index (χ2n) is 5.01. The van der Waals surface area contributed by atoms with E-state index >= 15 is 0 Å². The lowest BCUT2D eigenvalue weighted by molar-refractivity contribution is -0.137. The number of hydrogen-bond donors (Lipinski definition) is 0. The van der Waals surface area contributed by atoms with E-state index in [1.54, 1.807) is 0 Å². The fourth-order valence-electron chi connectivity index (χ4n) is 2.19. The van der Waals surface area contributed by atoms with Gasteiger partial charge in [-0.1, -0.05) is 27.2 Å². The molecule has 13 heavy (non-hydrogen) atoms. The summed E-state index contributed by atoms with van der Waals surface area (Å²) in [6.45, 7) is 7.29. The first-order valence-electron chi connectivity index (χ1n) is 5.14.